The van der Waals surface area contributed by atoms with Crippen molar-refractivity contribution >= 4 is 5.57 Å². The molecule has 0 saturated carbocycles. The molecule has 0 aromatic carbocycles. The van der Waals surface area contributed by atoms with Crippen LogP contribution in [0.4, 0.5) is 0 Å². The highest BCUT2D eigenvalue weighted by molar-refractivity contribution is 5.71. The fourth-order valence-corrected chi connectivity index (χ4v) is 0.901. The van der Waals surface area contributed by atoms with Gasteiger partial charge in [-0.15, -0.1) is 0 Å². The third-order valence-corrected chi connectivity index (χ3v) is 1.46. The fraction of sp³-hybridized carbons (Fsp3) is 0.100. The Morgan fingerprint density at radius 2 is 2.33 bits per heavy atom. The van der Waals surface area contributed by atoms with Crippen LogP contribution in [0.2, 0.25) is 0 Å². The number of nitrogens with zero attached hydrogens (tertiary/aromatic N) is 1. The van der Waals surface area contributed by atoms with Crippen LogP contribution >= 0.6 is 0 Å². The first-order chi connectivity index (χ1) is 5.74. The van der Waals surface area contributed by atoms with Crippen LogP contribution in [0.1, 0.15) is 12.5 Å². The summed E-state index contributed by atoms with van der Waals surface area (Å²) in [5.74, 6) is 0.165. The minimum Gasteiger partial charge on any atom is -0.506 e. The average Bonchev–Trinajstić information content (AvgIpc) is 2.05. The van der Waals surface area contributed by atoms with E-state index in [9.17, 15) is 0 Å². The van der Waals surface area contributed by atoms with Crippen molar-refractivity contribution in [1.29, 1.82) is 0 Å². The first kappa shape index (κ1) is 8.53. The molecule has 1 heterocycles. The molecule has 0 aliphatic heterocycles. The predicted octanol–water partition coefficient (Wildman–Crippen LogP) is 2.38. The smallest absolute Gasteiger partial charge is 0.134 e. The molecule has 0 amide bonds. The second kappa shape index (κ2) is 3.72. The van der Waals surface area contributed by atoms with Crippen LogP contribution in [-0.4, -0.2) is 10.1 Å². The van der Waals surface area contributed by atoms with Crippen LogP contribution < -0.4 is 0 Å². The van der Waals surface area contributed by atoms with E-state index in [0.29, 0.717) is 0 Å². The van der Waals surface area contributed by atoms with Crippen LogP contribution in [0.5, 0.6) is 5.75 Å². The van der Waals surface area contributed by atoms with E-state index in [2.05, 4.69) is 11.6 Å². The molecular formula is C10H11NO. The minimum absolute atomic E-state index is 0.165. The van der Waals surface area contributed by atoms with Gasteiger partial charge in [0.05, 0.1) is 6.20 Å². The number of hydrogen-bond acceptors (Lipinski definition) is 2. The van der Waals surface area contributed by atoms with Crippen LogP contribution in [-0.2, 0) is 0 Å². The lowest BCUT2D eigenvalue weighted by Gasteiger charge is -1.99. The van der Waals surface area contributed by atoms with Gasteiger partial charge in [-0.05, 0) is 18.6 Å². The molecule has 2 heteroatoms. The van der Waals surface area contributed by atoms with E-state index >= 15 is 0 Å². The maximum absolute atomic E-state index is 9.10. The predicted molar refractivity (Wildman–Crippen MR) is 49.7 cm³/mol. The lowest BCUT2D eigenvalue weighted by molar-refractivity contribution is 0.472. The van der Waals surface area contributed by atoms with Gasteiger partial charge in [0.25, 0.3) is 0 Å². The summed E-state index contributed by atoms with van der Waals surface area (Å²) in [4.78, 5) is 3.84. The number of hydrogen-bond donors (Lipinski definition) is 1. The highest BCUT2D eigenvalue weighted by atomic mass is 16.3. The summed E-state index contributed by atoms with van der Waals surface area (Å²) in [6.45, 7) is 5.74. The lowest BCUT2D eigenvalue weighted by Crippen LogP contribution is -1.80. The van der Waals surface area contributed by atoms with Gasteiger partial charge in [0.1, 0.15) is 5.75 Å². The third-order valence-electron chi connectivity index (χ3n) is 1.46. The molecule has 0 saturated heterocycles. The van der Waals surface area contributed by atoms with E-state index in [4.69, 9.17) is 5.11 Å². The molecule has 0 fully saturated rings. The Bertz CT molecular complexity index is 315. The number of aromatic hydroxyl groups is 1. The molecule has 0 atom stereocenters. The number of allylic oxidation sites excluding steroid dienone is 3. The first-order valence-electron chi connectivity index (χ1n) is 3.70. The van der Waals surface area contributed by atoms with Crippen molar-refractivity contribution < 1.29 is 5.11 Å². The zero-order valence-electron chi connectivity index (χ0n) is 6.99. The molecule has 1 rings (SSSR count). The van der Waals surface area contributed by atoms with Gasteiger partial charge >= 0.3 is 0 Å². The molecule has 12 heavy (non-hydrogen) atoms. The zero-order valence-corrected chi connectivity index (χ0v) is 6.99. The molecule has 0 spiro atoms. The second-order valence-corrected chi connectivity index (χ2v) is 2.46. The van der Waals surface area contributed by atoms with Gasteiger partial charge < -0.3 is 5.11 Å². The molecule has 0 bridgehead atoms. The molecule has 0 radical (unpaired) electrons. The summed E-state index contributed by atoms with van der Waals surface area (Å²) >= 11 is 0. The third kappa shape index (κ3) is 1.95. The monoisotopic (exact) mass is 161 g/mol. The summed E-state index contributed by atoms with van der Waals surface area (Å²) in [5, 5.41) is 9.10. The van der Waals surface area contributed by atoms with Gasteiger partial charge in [-0.1, -0.05) is 18.7 Å². The number of rotatable bonds is 2. The van der Waals surface area contributed by atoms with Gasteiger partial charge in [0.2, 0.25) is 0 Å². The molecule has 1 aromatic heterocycles. The molecule has 0 unspecified atom stereocenters. The minimum atomic E-state index is 0.165. The highest BCUT2D eigenvalue weighted by Crippen LogP contribution is 2.16. The Kier molecular flexibility index (Phi) is 2.64. The zero-order chi connectivity index (χ0) is 8.97. The Labute approximate surface area is 71.9 Å². The lowest BCUT2D eigenvalue weighted by atomic mass is 10.1. The van der Waals surface area contributed by atoms with Crippen molar-refractivity contribution in [1.82, 2.24) is 4.98 Å². The summed E-state index contributed by atoms with van der Waals surface area (Å²) in [5.41, 5.74) is 1.69. The second-order valence-electron chi connectivity index (χ2n) is 2.46. The Morgan fingerprint density at radius 3 is 2.92 bits per heavy atom. The van der Waals surface area contributed by atoms with Crippen LogP contribution in [0.25, 0.3) is 5.57 Å². The largest absolute Gasteiger partial charge is 0.506 e. The van der Waals surface area contributed by atoms with Gasteiger partial charge in [0, 0.05) is 11.8 Å². The van der Waals surface area contributed by atoms with E-state index in [0.717, 1.165) is 11.1 Å². The topological polar surface area (TPSA) is 33.1 Å². The van der Waals surface area contributed by atoms with Crippen molar-refractivity contribution in [2.45, 2.75) is 6.92 Å². The van der Waals surface area contributed by atoms with Gasteiger partial charge in [0.15, 0.2) is 0 Å². The summed E-state index contributed by atoms with van der Waals surface area (Å²) in [6.07, 6.45) is 6.83. The summed E-state index contributed by atoms with van der Waals surface area (Å²) in [6, 6.07) is 1.63. The maximum Gasteiger partial charge on any atom is 0.134 e. The first-order valence-corrected chi connectivity index (χ1v) is 3.70. The molecule has 0 aliphatic carbocycles. The number of aromatic nitrogens is 1. The summed E-state index contributed by atoms with van der Waals surface area (Å²) < 4.78 is 0. The summed E-state index contributed by atoms with van der Waals surface area (Å²) in [7, 11) is 0. The van der Waals surface area contributed by atoms with Gasteiger partial charge in [-0.25, -0.2) is 0 Å². The molecular weight excluding hydrogens is 150 g/mol. The highest BCUT2D eigenvalue weighted by Gasteiger charge is 1.95. The van der Waals surface area contributed by atoms with Crippen molar-refractivity contribution in [2.24, 2.45) is 0 Å². The molecule has 0 aliphatic rings. The normalized spacial score (nSPS) is 10.4. The van der Waals surface area contributed by atoms with E-state index in [-0.39, 0.29) is 5.75 Å². The Balaban J connectivity index is 2.96. The molecule has 62 valence electrons. The van der Waals surface area contributed by atoms with Crippen LogP contribution in [0.3, 0.4) is 0 Å². The van der Waals surface area contributed by atoms with Gasteiger partial charge in [-0.3, -0.25) is 4.98 Å². The van der Waals surface area contributed by atoms with Crippen molar-refractivity contribution in [3.63, 3.8) is 0 Å². The van der Waals surface area contributed by atoms with Crippen LogP contribution in [0.15, 0.2) is 37.2 Å². The Morgan fingerprint density at radius 1 is 1.58 bits per heavy atom. The molecule has 1 aromatic rings. The van der Waals surface area contributed by atoms with Crippen LogP contribution in [0, 0.1) is 0 Å². The fourth-order valence-electron chi connectivity index (χ4n) is 0.901. The van der Waals surface area contributed by atoms with E-state index < -0.39 is 0 Å². The van der Waals surface area contributed by atoms with E-state index in [1.54, 1.807) is 12.3 Å². The maximum atomic E-state index is 9.10. The van der Waals surface area contributed by atoms with Crippen molar-refractivity contribution in [3.05, 3.63) is 42.8 Å². The quantitative estimate of drug-likeness (QED) is 0.675. The SMILES string of the molecule is C=C(/C=C\C)c1cncc(O)c1. The van der Waals surface area contributed by atoms with Crippen molar-refractivity contribution in [2.75, 3.05) is 0 Å². The Hall–Kier alpha value is -1.57. The van der Waals surface area contributed by atoms with Gasteiger partial charge in [-0.2, -0.15) is 0 Å². The van der Waals surface area contributed by atoms with E-state index in [1.165, 1.54) is 6.20 Å². The van der Waals surface area contributed by atoms with E-state index in [1.807, 2.05) is 19.1 Å². The number of pyridine rings is 1. The average molecular weight is 161 g/mol. The molecule has 2 nitrogen and oxygen atoms in total. The standard InChI is InChI=1S/C10H11NO/c1-3-4-8(2)9-5-10(12)7-11-6-9/h3-7,12H,2H2,1H3/b4-3-. The molecule has 1 N–H and O–H groups in total. The van der Waals surface area contributed by atoms with Crippen molar-refractivity contribution in [3.8, 4) is 5.75 Å².